The summed E-state index contributed by atoms with van der Waals surface area (Å²) in [5, 5.41) is 14.2. The van der Waals surface area contributed by atoms with E-state index in [9.17, 15) is 14.4 Å². The number of anilines is 2. The van der Waals surface area contributed by atoms with Crippen LogP contribution in [-0.4, -0.2) is 29.5 Å². The monoisotopic (exact) mass is 368 g/mol. The van der Waals surface area contributed by atoms with Crippen LogP contribution < -0.4 is 15.4 Å². The number of hydrogen-bond donors (Lipinski definition) is 3. The van der Waals surface area contributed by atoms with Crippen molar-refractivity contribution in [3.05, 3.63) is 54.1 Å². The predicted molar refractivity (Wildman–Crippen MR) is 99.9 cm³/mol. The lowest BCUT2D eigenvalue weighted by atomic mass is 9.90. The second kappa shape index (κ2) is 8.35. The molecule has 27 heavy (non-hydrogen) atoms. The van der Waals surface area contributed by atoms with Crippen molar-refractivity contribution in [2.45, 2.75) is 25.2 Å². The fraction of sp³-hybridized carbons (Fsp3) is 0.250. The minimum absolute atomic E-state index is 0.0601. The SMILES string of the molecule is O=C(O)CCCOc1ccc(NC(=O)C2CC(=O)Nc3ccccc32)cc1. The number of nitrogens with one attached hydrogen (secondary N) is 2. The summed E-state index contributed by atoms with van der Waals surface area (Å²) in [6.45, 7) is 0.311. The predicted octanol–water partition coefficient (Wildman–Crippen LogP) is 2.99. The Kier molecular flexibility index (Phi) is 5.71. The summed E-state index contributed by atoms with van der Waals surface area (Å²) < 4.78 is 5.46. The third kappa shape index (κ3) is 4.84. The van der Waals surface area contributed by atoms with Gasteiger partial charge < -0.3 is 20.5 Å². The highest BCUT2D eigenvalue weighted by Crippen LogP contribution is 2.32. The summed E-state index contributed by atoms with van der Waals surface area (Å²) in [4.78, 5) is 35.0. The maximum atomic E-state index is 12.7. The number of hydrogen-bond acceptors (Lipinski definition) is 4. The van der Waals surface area contributed by atoms with E-state index in [-0.39, 0.29) is 24.7 Å². The standard InChI is InChI=1S/C20H20N2O5/c23-18-12-16(15-4-1-2-5-17(15)22-18)20(26)21-13-7-9-14(10-8-13)27-11-3-6-19(24)25/h1-2,4-5,7-10,16H,3,6,11-12H2,(H,21,26)(H,22,23)(H,24,25). The van der Waals surface area contributed by atoms with Crippen molar-refractivity contribution in [3.63, 3.8) is 0 Å². The van der Waals surface area contributed by atoms with Crippen LogP contribution in [0.15, 0.2) is 48.5 Å². The molecule has 1 unspecified atom stereocenters. The number of carboxylic acids is 1. The van der Waals surface area contributed by atoms with Crippen molar-refractivity contribution in [1.82, 2.24) is 0 Å². The van der Waals surface area contributed by atoms with Gasteiger partial charge in [-0.3, -0.25) is 14.4 Å². The molecule has 7 nitrogen and oxygen atoms in total. The van der Waals surface area contributed by atoms with Crippen molar-refractivity contribution in [2.75, 3.05) is 17.2 Å². The summed E-state index contributed by atoms with van der Waals surface area (Å²) in [6, 6.07) is 14.1. The second-order valence-electron chi connectivity index (χ2n) is 6.25. The van der Waals surface area contributed by atoms with Crippen LogP contribution in [0, 0.1) is 0 Å². The number of carbonyl (C=O) groups is 3. The molecule has 3 rings (SSSR count). The molecule has 1 heterocycles. The van der Waals surface area contributed by atoms with Gasteiger partial charge in [0, 0.05) is 24.2 Å². The molecule has 3 N–H and O–H groups in total. The van der Waals surface area contributed by atoms with Crippen LogP contribution in [-0.2, 0) is 14.4 Å². The van der Waals surface area contributed by atoms with Gasteiger partial charge in [0.1, 0.15) is 5.75 Å². The zero-order valence-corrected chi connectivity index (χ0v) is 14.6. The van der Waals surface area contributed by atoms with Crippen LogP contribution in [0.3, 0.4) is 0 Å². The van der Waals surface area contributed by atoms with E-state index in [0.717, 1.165) is 5.56 Å². The number of rotatable bonds is 7. The van der Waals surface area contributed by atoms with Gasteiger partial charge in [0.15, 0.2) is 0 Å². The van der Waals surface area contributed by atoms with Crippen LogP contribution in [0.2, 0.25) is 0 Å². The number of amides is 2. The Labute approximate surface area is 156 Å². The van der Waals surface area contributed by atoms with Gasteiger partial charge in [-0.05, 0) is 42.3 Å². The van der Waals surface area contributed by atoms with Gasteiger partial charge in [-0.25, -0.2) is 0 Å². The average Bonchev–Trinajstić information content (AvgIpc) is 2.65. The molecule has 140 valence electrons. The average molecular weight is 368 g/mol. The molecule has 0 radical (unpaired) electrons. The fourth-order valence-electron chi connectivity index (χ4n) is 2.92. The maximum absolute atomic E-state index is 12.7. The van der Waals surface area contributed by atoms with E-state index in [4.69, 9.17) is 9.84 Å². The Bertz CT molecular complexity index is 848. The zero-order chi connectivity index (χ0) is 19.2. The molecular formula is C20H20N2O5. The van der Waals surface area contributed by atoms with Crippen LogP contribution in [0.1, 0.15) is 30.7 Å². The Balaban J connectivity index is 1.60. The molecule has 0 aliphatic carbocycles. The van der Waals surface area contributed by atoms with Gasteiger partial charge in [-0.15, -0.1) is 0 Å². The highest BCUT2D eigenvalue weighted by atomic mass is 16.5. The summed E-state index contributed by atoms with van der Waals surface area (Å²) in [6.07, 6.45) is 0.592. The number of ether oxygens (including phenoxy) is 1. The molecular weight excluding hydrogens is 348 g/mol. The second-order valence-corrected chi connectivity index (χ2v) is 6.25. The first-order valence-corrected chi connectivity index (χ1v) is 8.67. The van der Waals surface area contributed by atoms with Gasteiger partial charge in [0.05, 0.1) is 12.5 Å². The lowest BCUT2D eigenvalue weighted by molar-refractivity contribution is -0.137. The first-order chi connectivity index (χ1) is 13.0. The Morgan fingerprint density at radius 3 is 2.63 bits per heavy atom. The van der Waals surface area contributed by atoms with Crippen LogP contribution >= 0.6 is 0 Å². The highest BCUT2D eigenvalue weighted by Gasteiger charge is 2.30. The van der Waals surface area contributed by atoms with Crippen molar-refractivity contribution in [2.24, 2.45) is 0 Å². The summed E-state index contributed by atoms with van der Waals surface area (Å²) in [5.41, 5.74) is 2.06. The summed E-state index contributed by atoms with van der Waals surface area (Å²) in [7, 11) is 0. The van der Waals surface area contributed by atoms with Crippen molar-refractivity contribution < 1.29 is 24.2 Å². The fourth-order valence-corrected chi connectivity index (χ4v) is 2.92. The third-order valence-electron chi connectivity index (χ3n) is 4.24. The molecule has 0 aromatic heterocycles. The number of aliphatic carboxylic acids is 1. The van der Waals surface area contributed by atoms with E-state index in [1.165, 1.54) is 0 Å². The molecule has 1 atom stereocenters. The van der Waals surface area contributed by atoms with Crippen molar-refractivity contribution in [1.29, 1.82) is 0 Å². The molecule has 0 bridgehead atoms. The Morgan fingerprint density at radius 1 is 1.15 bits per heavy atom. The van der Waals surface area contributed by atoms with Crippen LogP contribution in [0.25, 0.3) is 0 Å². The molecule has 0 fully saturated rings. The lowest BCUT2D eigenvalue weighted by Gasteiger charge is -2.24. The smallest absolute Gasteiger partial charge is 0.303 e. The van der Waals surface area contributed by atoms with Crippen LogP contribution in [0.4, 0.5) is 11.4 Å². The van der Waals surface area contributed by atoms with E-state index in [1.54, 1.807) is 30.3 Å². The minimum Gasteiger partial charge on any atom is -0.494 e. The summed E-state index contributed by atoms with van der Waals surface area (Å²) in [5.74, 6) is -1.22. The van der Waals surface area contributed by atoms with Gasteiger partial charge in [0.25, 0.3) is 0 Å². The topological polar surface area (TPSA) is 105 Å². The first kappa shape index (κ1) is 18.4. The van der Waals surface area contributed by atoms with Crippen molar-refractivity contribution >= 4 is 29.2 Å². The van der Waals surface area contributed by atoms with E-state index >= 15 is 0 Å². The number of fused-ring (bicyclic) bond motifs is 1. The van der Waals surface area contributed by atoms with Gasteiger partial charge in [-0.2, -0.15) is 0 Å². The summed E-state index contributed by atoms with van der Waals surface area (Å²) >= 11 is 0. The largest absolute Gasteiger partial charge is 0.494 e. The zero-order valence-electron chi connectivity index (χ0n) is 14.6. The molecule has 7 heteroatoms. The third-order valence-corrected chi connectivity index (χ3v) is 4.24. The van der Waals surface area contributed by atoms with E-state index < -0.39 is 11.9 Å². The van der Waals surface area contributed by atoms with E-state index in [0.29, 0.717) is 30.2 Å². The van der Waals surface area contributed by atoms with Gasteiger partial charge in [0.2, 0.25) is 11.8 Å². The first-order valence-electron chi connectivity index (χ1n) is 8.67. The molecule has 1 aliphatic heterocycles. The molecule has 2 aromatic carbocycles. The Morgan fingerprint density at radius 2 is 1.89 bits per heavy atom. The quantitative estimate of drug-likeness (QED) is 0.652. The molecule has 2 amide bonds. The highest BCUT2D eigenvalue weighted by molar-refractivity contribution is 6.05. The number of benzene rings is 2. The van der Waals surface area contributed by atoms with E-state index in [2.05, 4.69) is 10.6 Å². The maximum Gasteiger partial charge on any atom is 0.303 e. The number of carboxylic acid groups (broad SMARTS) is 1. The lowest BCUT2D eigenvalue weighted by Crippen LogP contribution is -2.30. The Hall–Kier alpha value is -3.35. The molecule has 0 saturated heterocycles. The molecule has 0 saturated carbocycles. The minimum atomic E-state index is -0.852. The molecule has 0 spiro atoms. The van der Waals surface area contributed by atoms with E-state index in [1.807, 2.05) is 18.2 Å². The molecule has 1 aliphatic rings. The van der Waals surface area contributed by atoms with Gasteiger partial charge >= 0.3 is 5.97 Å². The van der Waals surface area contributed by atoms with Crippen molar-refractivity contribution in [3.8, 4) is 5.75 Å². The number of carbonyl (C=O) groups excluding carboxylic acids is 2. The van der Waals surface area contributed by atoms with Crippen LogP contribution in [0.5, 0.6) is 5.75 Å². The number of para-hydroxylation sites is 1. The van der Waals surface area contributed by atoms with Gasteiger partial charge in [-0.1, -0.05) is 18.2 Å². The normalized spacial score (nSPS) is 15.4. The molecule has 2 aromatic rings.